The molecular formula is C22H22O5. The van der Waals surface area contributed by atoms with E-state index < -0.39 is 29.4 Å². The number of esters is 2. The number of Topliss-reactive ketones (excluding diaryl/α,β-unsaturated/α-hetero) is 1. The number of carbonyl (C=O) groups excluding carboxylic acids is 3. The van der Waals surface area contributed by atoms with Crippen LogP contribution in [0, 0.1) is 11.3 Å². The maximum atomic E-state index is 12.8. The third-order valence-electron chi connectivity index (χ3n) is 5.09. The van der Waals surface area contributed by atoms with Gasteiger partial charge in [-0.05, 0) is 19.4 Å². The van der Waals surface area contributed by atoms with Crippen LogP contribution in [0.15, 0.2) is 60.7 Å². The van der Waals surface area contributed by atoms with Crippen molar-refractivity contribution in [2.45, 2.75) is 26.4 Å². The average Bonchev–Trinajstić information content (AvgIpc) is 2.95. The summed E-state index contributed by atoms with van der Waals surface area (Å²) in [5, 5.41) is 0. The van der Waals surface area contributed by atoms with Crippen molar-refractivity contribution in [1.82, 2.24) is 0 Å². The van der Waals surface area contributed by atoms with Gasteiger partial charge in [-0.3, -0.25) is 14.4 Å². The molecule has 0 saturated carbocycles. The Hall–Kier alpha value is -2.95. The molecule has 0 amide bonds. The van der Waals surface area contributed by atoms with Gasteiger partial charge < -0.3 is 9.47 Å². The minimum absolute atomic E-state index is 0.00459. The van der Waals surface area contributed by atoms with Gasteiger partial charge in [-0.1, -0.05) is 60.7 Å². The summed E-state index contributed by atoms with van der Waals surface area (Å²) < 4.78 is 10.7. The van der Waals surface area contributed by atoms with Crippen molar-refractivity contribution in [3.05, 3.63) is 71.8 Å². The maximum Gasteiger partial charge on any atom is 0.324 e. The third kappa shape index (κ3) is 3.50. The van der Waals surface area contributed by atoms with Crippen LogP contribution in [0.25, 0.3) is 0 Å². The van der Waals surface area contributed by atoms with Crippen LogP contribution >= 0.6 is 0 Å². The highest BCUT2D eigenvalue weighted by atomic mass is 16.6. The molecule has 140 valence electrons. The summed E-state index contributed by atoms with van der Waals surface area (Å²) in [6.07, 6.45) is -0.675. The highest BCUT2D eigenvalue weighted by molar-refractivity contribution is 6.03. The molecule has 1 fully saturated rings. The number of rotatable bonds is 6. The molecular weight excluding hydrogens is 344 g/mol. The molecule has 1 aliphatic heterocycles. The lowest BCUT2D eigenvalue weighted by Gasteiger charge is -2.26. The molecule has 2 aromatic carbocycles. The van der Waals surface area contributed by atoms with Crippen LogP contribution in [0.3, 0.4) is 0 Å². The number of benzene rings is 2. The zero-order valence-electron chi connectivity index (χ0n) is 15.4. The molecule has 3 rings (SSSR count). The molecule has 5 nitrogen and oxygen atoms in total. The van der Waals surface area contributed by atoms with Crippen LogP contribution in [0.2, 0.25) is 0 Å². The normalized spacial score (nSPS) is 24.3. The van der Waals surface area contributed by atoms with Gasteiger partial charge in [0.1, 0.15) is 6.10 Å². The van der Waals surface area contributed by atoms with E-state index in [1.165, 1.54) is 6.92 Å². The van der Waals surface area contributed by atoms with E-state index in [0.29, 0.717) is 5.56 Å². The molecule has 1 saturated heterocycles. The predicted molar refractivity (Wildman–Crippen MR) is 98.9 cm³/mol. The second-order valence-corrected chi connectivity index (χ2v) is 6.76. The van der Waals surface area contributed by atoms with Crippen LogP contribution in [0.4, 0.5) is 0 Å². The molecule has 0 bridgehead atoms. The molecule has 0 aromatic heterocycles. The van der Waals surface area contributed by atoms with Crippen LogP contribution in [-0.2, 0) is 19.1 Å². The van der Waals surface area contributed by atoms with Gasteiger partial charge >= 0.3 is 11.9 Å². The number of cyclic esters (lactones) is 1. The van der Waals surface area contributed by atoms with Crippen LogP contribution in [-0.4, -0.2) is 24.3 Å². The standard InChI is InChI=1S/C22H22O5/c1-3-26-20(24)22(2)17(14-18(23)15-10-6-4-7-11-15)19(27-21(22)25)16-12-8-5-9-13-16/h4-13,17,19H,3,14H2,1-2H3. The van der Waals surface area contributed by atoms with E-state index in [1.807, 2.05) is 36.4 Å². The lowest BCUT2D eigenvalue weighted by Crippen LogP contribution is -2.41. The molecule has 2 aromatic rings. The van der Waals surface area contributed by atoms with E-state index in [4.69, 9.17) is 9.47 Å². The first-order valence-corrected chi connectivity index (χ1v) is 9.00. The smallest absolute Gasteiger partial charge is 0.324 e. The largest absolute Gasteiger partial charge is 0.465 e. The van der Waals surface area contributed by atoms with Crippen molar-refractivity contribution in [2.75, 3.05) is 6.61 Å². The predicted octanol–water partition coefficient (Wildman–Crippen LogP) is 3.74. The first-order valence-electron chi connectivity index (χ1n) is 9.00. The minimum Gasteiger partial charge on any atom is -0.465 e. The van der Waals surface area contributed by atoms with Gasteiger partial charge in [0, 0.05) is 17.9 Å². The Morgan fingerprint density at radius 3 is 2.22 bits per heavy atom. The lowest BCUT2D eigenvalue weighted by atomic mass is 9.72. The van der Waals surface area contributed by atoms with Gasteiger partial charge in [0.15, 0.2) is 11.2 Å². The third-order valence-corrected chi connectivity index (χ3v) is 5.09. The highest BCUT2D eigenvalue weighted by Gasteiger charge is 2.60. The molecule has 0 radical (unpaired) electrons. The molecule has 0 spiro atoms. The van der Waals surface area contributed by atoms with Crippen LogP contribution in [0.5, 0.6) is 0 Å². The number of ether oxygens (including phenoxy) is 2. The summed E-state index contributed by atoms with van der Waals surface area (Å²) in [5.41, 5.74) is -0.236. The van der Waals surface area contributed by atoms with Crippen molar-refractivity contribution in [3.63, 3.8) is 0 Å². The average molecular weight is 366 g/mol. The molecule has 3 atom stereocenters. The quantitative estimate of drug-likeness (QED) is 0.442. The summed E-state index contributed by atoms with van der Waals surface area (Å²) in [4.78, 5) is 38.2. The van der Waals surface area contributed by atoms with Crippen molar-refractivity contribution in [1.29, 1.82) is 0 Å². The van der Waals surface area contributed by atoms with E-state index in [1.54, 1.807) is 31.2 Å². The van der Waals surface area contributed by atoms with Crippen molar-refractivity contribution < 1.29 is 23.9 Å². The SMILES string of the molecule is CCOC(=O)C1(C)C(=O)OC(c2ccccc2)C1CC(=O)c1ccccc1. The zero-order chi connectivity index (χ0) is 19.4. The lowest BCUT2D eigenvalue weighted by molar-refractivity contribution is -0.164. The van der Waals surface area contributed by atoms with E-state index >= 15 is 0 Å². The molecule has 27 heavy (non-hydrogen) atoms. The van der Waals surface area contributed by atoms with Gasteiger partial charge in [-0.25, -0.2) is 0 Å². The summed E-state index contributed by atoms with van der Waals surface area (Å²) >= 11 is 0. The number of carbonyl (C=O) groups is 3. The summed E-state index contributed by atoms with van der Waals surface area (Å²) in [5.74, 6) is -2.10. The Labute approximate surface area is 158 Å². The molecule has 3 unspecified atom stereocenters. The van der Waals surface area contributed by atoms with Crippen LogP contribution < -0.4 is 0 Å². The van der Waals surface area contributed by atoms with Crippen molar-refractivity contribution >= 4 is 17.7 Å². The first-order chi connectivity index (χ1) is 13.0. The van der Waals surface area contributed by atoms with Gasteiger partial charge in [0.25, 0.3) is 0 Å². The fraction of sp³-hybridized carbons (Fsp3) is 0.318. The number of ketones is 1. The summed E-state index contributed by atoms with van der Waals surface area (Å²) in [6.45, 7) is 3.34. The highest BCUT2D eigenvalue weighted by Crippen LogP contribution is 2.50. The summed E-state index contributed by atoms with van der Waals surface area (Å²) in [7, 11) is 0. The van der Waals surface area contributed by atoms with Crippen LogP contribution in [0.1, 0.15) is 42.3 Å². The Bertz CT molecular complexity index is 830. The van der Waals surface area contributed by atoms with E-state index in [0.717, 1.165) is 5.56 Å². The fourth-order valence-corrected chi connectivity index (χ4v) is 3.49. The van der Waals surface area contributed by atoms with E-state index in [2.05, 4.69) is 0 Å². The van der Waals surface area contributed by atoms with Crippen molar-refractivity contribution in [2.24, 2.45) is 11.3 Å². The minimum atomic E-state index is -1.53. The van der Waals surface area contributed by atoms with Gasteiger partial charge in [0.2, 0.25) is 0 Å². The van der Waals surface area contributed by atoms with Crippen molar-refractivity contribution in [3.8, 4) is 0 Å². The zero-order valence-corrected chi connectivity index (χ0v) is 15.4. The Kier molecular flexibility index (Phi) is 5.40. The van der Waals surface area contributed by atoms with E-state index in [9.17, 15) is 14.4 Å². The topological polar surface area (TPSA) is 69.7 Å². The number of hydrogen-bond acceptors (Lipinski definition) is 5. The second-order valence-electron chi connectivity index (χ2n) is 6.76. The van der Waals surface area contributed by atoms with Gasteiger partial charge in [0.05, 0.1) is 6.61 Å². The monoisotopic (exact) mass is 366 g/mol. The maximum absolute atomic E-state index is 12.8. The molecule has 1 heterocycles. The molecule has 1 aliphatic rings. The number of hydrogen-bond donors (Lipinski definition) is 0. The van der Waals surface area contributed by atoms with Gasteiger partial charge in [-0.15, -0.1) is 0 Å². The van der Waals surface area contributed by atoms with Gasteiger partial charge in [-0.2, -0.15) is 0 Å². The second kappa shape index (κ2) is 7.74. The fourth-order valence-electron chi connectivity index (χ4n) is 3.49. The Balaban J connectivity index is 1.99. The molecule has 0 N–H and O–H groups in total. The first kappa shape index (κ1) is 18.8. The Morgan fingerprint density at radius 1 is 1.04 bits per heavy atom. The molecule has 0 aliphatic carbocycles. The summed E-state index contributed by atoms with van der Waals surface area (Å²) in [6, 6.07) is 18.0. The Morgan fingerprint density at radius 2 is 1.63 bits per heavy atom. The van der Waals surface area contributed by atoms with E-state index in [-0.39, 0.29) is 18.8 Å². The molecule has 5 heteroatoms.